The first-order valence-corrected chi connectivity index (χ1v) is 9.55. The van der Waals surface area contributed by atoms with Crippen LogP contribution in [-0.4, -0.2) is 22.3 Å². The van der Waals surface area contributed by atoms with Gasteiger partial charge in [-0.2, -0.15) is 0 Å². The molecule has 0 saturated carbocycles. The van der Waals surface area contributed by atoms with E-state index in [0.717, 1.165) is 44.9 Å². The minimum Gasteiger partial charge on any atom is -0.481 e. The van der Waals surface area contributed by atoms with Gasteiger partial charge < -0.3 is 10.2 Å². The van der Waals surface area contributed by atoms with Crippen LogP contribution in [0.15, 0.2) is 36.5 Å². The second kappa shape index (κ2) is 18.0. The zero-order chi connectivity index (χ0) is 17.9. The zero-order valence-electron chi connectivity index (χ0n) is 15.3. The fourth-order valence-corrected chi connectivity index (χ4v) is 2.41. The number of allylic oxidation sites excluding steroid dienone is 5. The molecule has 3 heteroatoms. The molecule has 0 saturated heterocycles. The number of hydrogen-bond acceptors (Lipinski definition) is 2. The van der Waals surface area contributed by atoms with E-state index in [1.165, 1.54) is 25.7 Å². The normalized spacial score (nSPS) is 13.4. The summed E-state index contributed by atoms with van der Waals surface area (Å²) >= 11 is 0. The smallest absolute Gasteiger partial charge is 0.303 e. The number of carbonyl (C=O) groups is 1. The molecule has 0 aromatic rings. The van der Waals surface area contributed by atoms with Gasteiger partial charge in [-0.3, -0.25) is 4.79 Å². The van der Waals surface area contributed by atoms with Gasteiger partial charge in [-0.05, 0) is 32.1 Å². The minimum absolute atomic E-state index is 0.302. The molecule has 0 aromatic heterocycles. The maximum absolute atomic E-state index is 10.4. The molecule has 0 rings (SSSR count). The number of rotatable bonds is 16. The molecule has 0 aromatic carbocycles. The molecule has 0 unspecified atom stereocenters. The number of aliphatic hydroxyl groups excluding tert-OH is 1. The number of hydrogen-bond donors (Lipinski definition) is 2. The van der Waals surface area contributed by atoms with Crippen LogP contribution in [0.4, 0.5) is 0 Å². The number of carboxylic acid groups (broad SMARTS) is 1. The van der Waals surface area contributed by atoms with Crippen molar-refractivity contribution in [2.75, 3.05) is 0 Å². The monoisotopic (exact) mass is 336 g/mol. The molecule has 0 bridgehead atoms. The topological polar surface area (TPSA) is 57.5 Å². The van der Waals surface area contributed by atoms with Gasteiger partial charge in [-0.1, -0.05) is 81.9 Å². The summed E-state index contributed by atoms with van der Waals surface area (Å²) in [4.78, 5) is 10.4. The SMILES string of the molecule is CCCCC[C@H](O)/C=C\C=C/C/C=C/CCCCCCCC(=O)O. The molecule has 0 aliphatic rings. The quantitative estimate of drug-likeness (QED) is 0.213. The van der Waals surface area contributed by atoms with Gasteiger partial charge >= 0.3 is 5.97 Å². The fourth-order valence-electron chi connectivity index (χ4n) is 2.41. The fraction of sp³-hybridized carbons (Fsp3) is 0.667. The van der Waals surface area contributed by atoms with Gasteiger partial charge in [0.1, 0.15) is 0 Å². The minimum atomic E-state index is -0.688. The Bertz CT molecular complexity index is 369. The molecule has 0 radical (unpaired) electrons. The van der Waals surface area contributed by atoms with Crippen molar-refractivity contribution in [1.29, 1.82) is 0 Å². The molecule has 0 heterocycles. The van der Waals surface area contributed by atoms with Crippen molar-refractivity contribution in [1.82, 2.24) is 0 Å². The van der Waals surface area contributed by atoms with Crippen molar-refractivity contribution < 1.29 is 15.0 Å². The molecule has 0 fully saturated rings. The Balaban J connectivity index is 3.43. The van der Waals surface area contributed by atoms with Crippen LogP contribution in [0.3, 0.4) is 0 Å². The summed E-state index contributed by atoms with van der Waals surface area (Å²) in [7, 11) is 0. The molecule has 24 heavy (non-hydrogen) atoms. The standard InChI is InChI=1S/C21H36O3/c1-2-3-14-17-20(22)18-15-12-10-8-6-4-5-7-9-11-13-16-19-21(23)24/h4,6,10,12,15,18,20,22H,2-3,5,7-9,11,13-14,16-17,19H2,1H3,(H,23,24)/b6-4+,12-10-,18-15-/t20-/m0/s1. The van der Waals surface area contributed by atoms with E-state index in [1.54, 1.807) is 0 Å². The Morgan fingerprint density at radius 1 is 0.917 bits per heavy atom. The summed E-state index contributed by atoms with van der Waals surface area (Å²) in [6.45, 7) is 2.17. The van der Waals surface area contributed by atoms with E-state index in [4.69, 9.17) is 5.11 Å². The summed E-state index contributed by atoms with van der Waals surface area (Å²) in [6.07, 6.45) is 23.9. The average Bonchev–Trinajstić information content (AvgIpc) is 2.55. The third-order valence-corrected chi connectivity index (χ3v) is 3.88. The van der Waals surface area contributed by atoms with Crippen LogP contribution in [0.2, 0.25) is 0 Å². The Morgan fingerprint density at radius 3 is 2.42 bits per heavy atom. The van der Waals surface area contributed by atoms with Gasteiger partial charge in [0.05, 0.1) is 6.10 Å². The first-order valence-electron chi connectivity index (χ1n) is 9.55. The van der Waals surface area contributed by atoms with Gasteiger partial charge in [0.15, 0.2) is 0 Å². The lowest BCUT2D eigenvalue weighted by Crippen LogP contribution is -2.00. The highest BCUT2D eigenvalue weighted by molar-refractivity contribution is 5.66. The highest BCUT2D eigenvalue weighted by atomic mass is 16.4. The van der Waals surface area contributed by atoms with Crippen LogP contribution < -0.4 is 0 Å². The van der Waals surface area contributed by atoms with E-state index in [0.29, 0.717) is 6.42 Å². The highest BCUT2D eigenvalue weighted by Gasteiger charge is 1.97. The summed E-state index contributed by atoms with van der Waals surface area (Å²) in [5.74, 6) is -0.688. The maximum Gasteiger partial charge on any atom is 0.303 e. The second-order valence-electron chi connectivity index (χ2n) is 6.28. The molecule has 0 spiro atoms. The van der Waals surface area contributed by atoms with Crippen LogP contribution in [0.25, 0.3) is 0 Å². The Morgan fingerprint density at radius 2 is 1.67 bits per heavy atom. The molecule has 138 valence electrons. The molecular formula is C21H36O3. The van der Waals surface area contributed by atoms with E-state index in [-0.39, 0.29) is 6.10 Å². The number of carboxylic acids is 1. The number of unbranched alkanes of at least 4 members (excludes halogenated alkanes) is 7. The van der Waals surface area contributed by atoms with E-state index >= 15 is 0 Å². The van der Waals surface area contributed by atoms with Crippen LogP contribution in [-0.2, 0) is 4.79 Å². The average molecular weight is 337 g/mol. The van der Waals surface area contributed by atoms with Gasteiger partial charge in [-0.25, -0.2) is 0 Å². The van der Waals surface area contributed by atoms with Crippen LogP contribution >= 0.6 is 0 Å². The van der Waals surface area contributed by atoms with Crippen LogP contribution in [0.5, 0.6) is 0 Å². The van der Waals surface area contributed by atoms with Gasteiger partial charge in [0, 0.05) is 6.42 Å². The number of aliphatic hydroxyl groups is 1. The van der Waals surface area contributed by atoms with Crippen molar-refractivity contribution in [3.8, 4) is 0 Å². The molecular weight excluding hydrogens is 300 g/mol. The molecule has 1 atom stereocenters. The van der Waals surface area contributed by atoms with Crippen molar-refractivity contribution in [2.24, 2.45) is 0 Å². The highest BCUT2D eigenvalue weighted by Crippen LogP contribution is 2.08. The lowest BCUT2D eigenvalue weighted by Gasteiger charge is -2.02. The van der Waals surface area contributed by atoms with E-state index in [9.17, 15) is 9.90 Å². The van der Waals surface area contributed by atoms with Crippen molar-refractivity contribution in [2.45, 2.75) is 90.1 Å². The number of aliphatic carboxylic acids is 1. The molecule has 0 aliphatic carbocycles. The third kappa shape index (κ3) is 18.7. The maximum atomic E-state index is 10.4. The lowest BCUT2D eigenvalue weighted by molar-refractivity contribution is -0.137. The first-order chi connectivity index (χ1) is 11.7. The predicted molar refractivity (Wildman–Crippen MR) is 102 cm³/mol. The first kappa shape index (κ1) is 22.6. The molecule has 3 nitrogen and oxygen atoms in total. The van der Waals surface area contributed by atoms with E-state index < -0.39 is 5.97 Å². The summed E-state index contributed by atoms with van der Waals surface area (Å²) in [5.41, 5.74) is 0. The summed E-state index contributed by atoms with van der Waals surface area (Å²) < 4.78 is 0. The van der Waals surface area contributed by atoms with Crippen molar-refractivity contribution in [3.05, 3.63) is 36.5 Å². The van der Waals surface area contributed by atoms with Crippen molar-refractivity contribution in [3.63, 3.8) is 0 Å². The Labute approximate surface area is 148 Å². The van der Waals surface area contributed by atoms with Gasteiger partial charge in [0.2, 0.25) is 0 Å². The molecule has 2 N–H and O–H groups in total. The molecule has 0 aliphatic heterocycles. The summed E-state index contributed by atoms with van der Waals surface area (Å²) in [6, 6.07) is 0. The Kier molecular flexibility index (Phi) is 17.0. The van der Waals surface area contributed by atoms with E-state index in [1.807, 2.05) is 18.2 Å². The Hall–Kier alpha value is -1.35. The summed E-state index contributed by atoms with van der Waals surface area (Å²) in [5, 5.41) is 18.2. The second-order valence-corrected chi connectivity index (χ2v) is 6.28. The zero-order valence-corrected chi connectivity index (χ0v) is 15.3. The van der Waals surface area contributed by atoms with Crippen LogP contribution in [0, 0.1) is 0 Å². The molecule has 0 amide bonds. The third-order valence-electron chi connectivity index (χ3n) is 3.88. The van der Waals surface area contributed by atoms with Gasteiger partial charge in [-0.15, -0.1) is 0 Å². The lowest BCUT2D eigenvalue weighted by atomic mass is 10.1. The van der Waals surface area contributed by atoms with Crippen LogP contribution in [0.1, 0.15) is 84.0 Å². The van der Waals surface area contributed by atoms with Crippen molar-refractivity contribution >= 4 is 5.97 Å². The van der Waals surface area contributed by atoms with E-state index in [2.05, 4.69) is 25.2 Å². The largest absolute Gasteiger partial charge is 0.481 e. The predicted octanol–water partition coefficient (Wildman–Crippen LogP) is 5.80. The van der Waals surface area contributed by atoms with Gasteiger partial charge in [0.25, 0.3) is 0 Å².